The van der Waals surface area contributed by atoms with Crippen LogP contribution in [0.2, 0.25) is 0 Å². The molecule has 0 aliphatic carbocycles. The van der Waals surface area contributed by atoms with Gasteiger partial charge in [-0.2, -0.15) is 0 Å². The van der Waals surface area contributed by atoms with Crippen molar-refractivity contribution in [2.75, 3.05) is 18.9 Å². The molecule has 0 spiro atoms. The monoisotopic (exact) mass is 470 g/mol. The van der Waals surface area contributed by atoms with Gasteiger partial charge in [-0.1, -0.05) is 18.2 Å². The lowest BCUT2D eigenvalue weighted by atomic mass is 10.2. The molecular weight excluding hydrogens is 448 g/mol. The number of aliphatic hydroxyl groups is 1. The van der Waals surface area contributed by atoms with Gasteiger partial charge in [-0.05, 0) is 48.9 Å². The van der Waals surface area contributed by atoms with Gasteiger partial charge in [0.2, 0.25) is 11.8 Å². The Morgan fingerprint density at radius 1 is 1.03 bits per heavy atom. The Balaban J connectivity index is 1.92. The molecule has 0 unspecified atom stereocenters. The maximum Gasteiger partial charge on any atom is 0.264 e. The normalized spacial score (nSPS) is 11.4. The summed E-state index contributed by atoms with van der Waals surface area (Å²) in [7, 11) is -1.10. The third-order valence-corrected chi connectivity index (χ3v) is 6.19. The Morgan fingerprint density at radius 2 is 1.73 bits per heavy atom. The molecule has 33 heavy (non-hydrogen) atoms. The first kappa shape index (κ1) is 22.4. The number of anilines is 1. The predicted octanol–water partition coefficient (Wildman–Crippen LogP) is 3.15. The summed E-state index contributed by atoms with van der Waals surface area (Å²) in [6, 6.07) is 14.6. The Labute approximate surface area is 190 Å². The number of rotatable bonds is 8. The van der Waals surface area contributed by atoms with Crippen LogP contribution in [0.15, 0.2) is 63.9 Å². The summed E-state index contributed by atoms with van der Waals surface area (Å²) in [4.78, 5) is -0.0361. The minimum Gasteiger partial charge on any atom is -0.494 e. The molecule has 0 saturated carbocycles. The van der Waals surface area contributed by atoms with Gasteiger partial charge in [-0.25, -0.2) is 13.1 Å². The van der Waals surface area contributed by atoms with E-state index in [1.807, 2.05) is 0 Å². The molecule has 0 bridgehead atoms. The number of furan rings is 1. The number of para-hydroxylation sites is 1. The summed E-state index contributed by atoms with van der Waals surface area (Å²) in [6.45, 7) is 1.49. The fourth-order valence-electron chi connectivity index (χ4n) is 3.32. The van der Waals surface area contributed by atoms with E-state index in [-0.39, 0.29) is 23.3 Å². The van der Waals surface area contributed by atoms with Crippen molar-refractivity contribution in [3.05, 3.63) is 65.9 Å². The van der Waals surface area contributed by atoms with Crippen LogP contribution in [-0.2, 0) is 16.6 Å². The number of aliphatic hydroxyl groups excluding tert-OH is 1. The molecule has 4 aromatic rings. The molecule has 0 radical (unpaired) electrons. The Bertz CT molecular complexity index is 1370. The quantitative estimate of drug-likeness (QED) is 0.402. The zero-order chi connectivity index (χ0) is 23.6. The predicted molar refractivity (Wildman–Crippen MR) is 120 cm³/mol. The first-order valence-electron chi connectivity index (χ1n) is 9.84. The highest BCUT2D eigenvalue weighted by Crippen LogP contribution is 2.38. The molecule has 172 valence electrons. The van der Waals surface area contributed by atoms with Crippen LogP contribution in [0.3, 0.4) is 0 Å². The Kier molecular flexibility index (Phi) is 6.07. The van der Waals surface area contributed by atoms with Gasteiger partial charge >= 0.3 is 0 Å². The first-order chi connectivity index (χ1) is 15.9. The van der Waals surface area contributed by atoms with Crippen LogP contribution in [-0.4, -0.2) is 42.5 Å². The zero-order valence-electron chi connectivity index (χ0n) is 18.1. The van der Waals surface area contributed by atoms with Crippen LogP contribution < -0.4 is 14.2 Å². The molecule has 11 heteroatoms. The largest absolute Gasteiger partial charge is 0.494 e. The third-order valence-electron chi connectivity index (χ3n) is 4.87. The lowest BCUT2D eigenvalue weighted by Gasteiger charge is -2.17. The van der Waals surface area contributed by atoms with E-state index in [1.54, 1.807) is 49.4 Å². The lowest BCUT2D eigenvalue weighted by molar-refractivity contribution is 0.281. The molecule has 0 atom stereocenters. The number of ether oxygens (including phenoxy) is 2. The number of aromatic nitrogens is 3. The van der Waals surface area contributed by atoms with Gasteiger partial charge in [0.15, 0.2) is 5.76 Å². The van der Waals surface area contributed by atoms with Gasteiger partial charge in [-0.3, -0.25) is 4.57 Å². The van der Waals surface area contributed by atoms with E-state index >= 15 is 0 Å². The van der Waals surface area contributed by atoms with Crippen LogP contribution in [0.5, 0.6) is 11.5 Å². The minimum absolute atomic E-state index is 0.0361. The van der Waals surface area contributed by atoms with Crippen molar-refractivity contribution in [2.24, 2.45) is 0 Å². The average molecular weight is 471 g/mol. The average Bonchev–Trinajstić information content (AvgIpc) is 3.43. The molecule has 0 saturated heterocycles. The summed E-state index contributed by atoms with van der Waals surface area (Å²) < 4.78 is 47.0. The van der Waals surface area contributed by atoms with E-state index < -0.39 is 10.0 Å². The molecule has 2 aromatic carbocycles. The molecule has 2 aromatic heterocycles. The highest BCUT2D eigenvalue weighted by atomic mass is 32.2. The molecule has 0 aliphatic heterocycles. The van der Waals surface area contributed by atoms with Gasteiger partial charge in [0.25, 0.3) is 10.0 Å². The number of sulfonamides is 1. The summed E-state index contributed by atoms with van der Waals surface area (Å²) >= 11 is 0. The summed E-state index contributed by atoms with van der Waals surface area (Å²) in [5.74, 6) is 1.97. The first-order valence-corrected chi connectivity index (χ1v) is 11.3. The number of nitrogens with one attached hydrogen (secondary N) is 1. The van der Waals surface area contributed by atoms with Gasteiger partial charge in [-0.15, -0.1) is 10.2 Å². The fourth-order valence-corrected chi connectivity index (χ4v) is 4.37. The number of benzene rings is 2. The molecular formula is C22H22N4O6S. The Hall–Kier alpha value is -3.83. The van der Waals surface area contributed by atoms with Gasteiger partial charge < -0.3 is 19.0 Å². The summed E-state index contributed by atoms with van der Waals surface area (Å²) in [6.07, 6.45) is 0. The second-order valence-electron chi connectivity index (χ2n) is 7.02. The van der Waals surface area contributed by atoms with Crippen LogP contribution >= 0.6 is 0 Å². The molecule has 4 rings (SSSR count). The van der Waals surface area contributed by atoms with Crippen molar-refractivity contribution in [2.45, 2.75) is 18.4 Å². The number of aryl methyl sites for hydroxylation is 1. The van der Waals surface area contributed by atoms with Crippen LogP contribution in [0.4, 0.5) is 5.95 Å². The van der Waals surface area contributed by atoms with Crippen molar-refractivity contribution in [1.82, 2.24) is 14.8 Å². The van der Waals surface area contributed by atoms with Gasteiger partial charge in [0.1, 0.15) is 22.9 Å². The van der Waals surface area contributed by atoms with Crippen LogP contribution in [0.1, 0.15) is 11.3 Å². The number of nitrogens with zero attached hydrogens (tertiary/aromatic N) is 3. The maximum absolute atomic E-state index is 13.2. The topological polar surface area (TPSA) is 129 Å². The van der Waals surface area contributed by atoms with Crippen molar-refractivity contribution in [3.63, 3.8) is 0 Å². The molecule has 10 nitrogen and oxygen atoms in total. The molecule has 0 amide bonds. The van der Waals surface area contributed by atoms with Crippen molar-refractivity contribution < 1.29 is 27.4 Å². The Morgan fingerprint density at radius 3 is 2.33 bits per heavy atom. The maximum atomic E-state index is 13.2. The highest BCUT2D eigenvalue weighted by Gasteiger charge is 2.27. The number of hydrogen-bond acceptors (Lipinski definition) is 8. The van der Waals surface area contributed by atoms with Gasteiger partial charge in [0.05, 0.1) is 25.7 Å². The molecule has 0 aliphatic rings. The molecule has 0 fully saturated rings. The number of methoxy groups -OCH3 is 2. The highest BCUT2D eigenvalue weighted by molar-refractivity contribution is 7.92. The second-order valence-corrected chi connectivity index (χ2v) is 8.70. The van der Waals surface area contributed by atoms with E-state index in [0.717, 1.165) is 0 Å². The van der Waals surface area contributed by atoms with Crippen molar-refractivity contribution in [1.29, 1.82) is 0 Å². The fraction of sp³-hybridized carbons (Fsp3) is 0.182. The van der Waals surface area contributed by atoms with E-state index in [2.05, 4.69) is 14.9 Å². The van der Waals surface area contributed by atoms with E-state index in [9.17, 15) is 13.5 Å². The van der Waals surface area contributed by atoms with Crippen molar-refractivity contribution in [3.8, 4) is 28.8 Å². The van der Waals surface area contributed by atoms with Crippen molar-refractivity contribution >= 4 is 16.0 Å². The van der Waals surface area contributed by atoms with Crippen LogP contribution in [0.25, 0.3) is 17.3 Å². The standard InChI is InChI=1S/C22H22N4O6S/c1-14-10-11-19(32-14)21-23-24-22(25-33(28,29)16-7-4-6-15(12-16)13-27)26(21)20-17(30-2)8-5-9-18(20)31-3/h4-12,27H,13H2,1-3H3,(H,24,25). The smallest absolute Gasteiger partial charge is 0.264 e. The molecule has 2 heterocycles. The van der Waals surface area contributed by atoms with Crippen LogP contribution in [0, 0.1) is 6.92 Å². The number of hydrogen-bond donors (Lipinski definition) is 2. The van der Waals surface area contributed by atoms with E-state index in [4.69, 9.17) is 13.9 Å². The SMILES string of the molecule is COc1cccc(OC)c1-n1c(NS(=O)(=O)c2cccc(CO)c2)nnc1-c1ccc(C)o1. The lowest BCUT2D eigenvalue weighted by Crippen LogP contribution is -2.17. The summed E-state index contributed by atoms with van der Waals surface area (Å²) in [5, 5.41) is 17.6. The minimum atomic E-state index is -4.08. The van der Waals surface area contributed by atoms with E-state index in [1.165, 1.54) is 30.9 Å². The summed E-state index contributed by atoms with van der Waals surface area (Å²) in [5.41, 5.74) is 0.843. The zero-order valence-corrected chi connectivity index (χ0v) is 19.0. The van der Waals surface area contributed by atoms with Gasteiger partial charge in [0, 0.05) is 0 Å². The molecule has 2 N–H and O–H groups in total. The van der Waals surface area contributed by atoms with E-state index in [0.29, 0.717) is 34.3 Å². The third kappa shape index (κ3) is 4.28. The second kappa shape index (κ2) is 8.96.